The first-order valence-corrected chi connectivity index (χ1v) is 5.81. The van der Waals surface area contributed by atoms with Gasteiger partial charge in [0.25, 0.3) is 0 Å². The summed E-state index contributed by atoms with van der Waals surface area (Å²) in [5.41, 5.74) is 7.81. The van der Waals surface area contributed by atoms with Gasteiger partial charge in [0, 0.05) is 30.7 Å². The van der Waals surface area contributed by atoms with Crippen LogP contribution in [0.4, 0.5) is 0 Å². The Morgan fingerprint density at radius 1 is 1.40 bits per heavy atom. The van der Waals surface area contributed by atoms with Crippen molar-refractivity contribution in [2.75, 3.05) is 32.8 Å². The molecule has 86 valence electrons. The monoisotopic (exact) mass is 248 g/mol. The molecule has 0 aromatic heterocycles. The van der Waals surface area contributed by atoms with Crippen molar-refractivity contribution in [2.24, 2.45) is 5.73 Å². The van der Waals surface area contributed by atoms with Crippen LogP contribution in [0.3, 0.4) is 0 Å². The van der Waals surface area contributed by atoms with E-state index in [0.29, 0.717) is 26.2 Å². The normalized spacial score (nSPS) is 10.9. The maximum Gasteiger partial charge on any atom is 1.00 e. The molecule has 8 heteroatoms. The fourth-order valence-corrected chi connectivity index (χ4v) is 1.24. The van der Waals surface area contributed by atoms with Gasteiger partial charge >= 0.3 is 37.8 Å². The zero-order valence-electron chi connectivity index (χ0n) is 10.5. The zero-order valence-corrected chi connectivity index (χ0v) is 12.4. The molecule has 0 bridgehead atoms. The average molecular weight is 248 g/mol. The third kappa shape index (κ3) is 14.9. The Labute approximate surface area is 115 Å². The Kier molecular flexibility index (Phi) is 18.1. The van der Waals surface area contributed by atoms with Gasteiger partial charge < -0.3 is 12.5 Å². The van der Waals surface area contributed by atoms with Gasteiger partial charge in [-0.15, -0.1) is 10.0 Å². The van der Waals surface area contributed by atoms with Crippen molar-refractivity contribution >= 4 is 8.25 Å². The minimum Gasteiger partial charge on any atom is -1.00 e. The van der Waals surface area contributed by atoms with Crippen molar-refractivity contribution in [3.63, 3.8) is 0 Å². The summed E-state index contributed by atoms with van der Waals surface area (Å²) in [6.07, 6.45) is 0.822. The van der Waals surface area contributed by atoms with Gasteiger partial charge in [-0.3, -0.25) is 0 Å². The molecule has 0 spiro atoms. The first-order chi connectivity index (χ1) is 6.81. The van der Waals surface area contributed by atoms with E-state index in [-0.39, 0.29) is 31.0 Å². The van der Waals surface area contributed by atoms with Crippen LogP contribution < -0.4 is 46.1 Å². The van der Waals surface area contributed by atoms with Crippen LogP contribution in [-0.2, 0) is 13.7 Å². The Hall–Kier alpha value is 0.900. The van der Waals surface area contributed by atoms with Gasteiger partial charge in [0.05, 0.1) is 0 Å². The standard InChI is InChI=1S/C7H19N3O3P.Na.H/c1-2-7-12-14(11)13-10-6-5-9-4-3-8;;/h9-10H,2-8H2,1H3;;/q2*+1;-1. The Balaban J connectivity index is -0.000000845. The van der Waals surface area contributed by atoms with Gasteiger partial charge in [-0.1, -0.05) is 6.92 Å². The molecule has 0 aliphatic carbocycles. The molecule has 0 aromatic carbocycles. The van der Waals surface area contributed by atoms with Gasteiger partial charge in [0.15, 0.2) is 0 Å². The molecule has 1 atom stereocenters. The van der Waals surface area contributed by atoms with Crippen molar-refractivity contribution in [1.29, 1.82) is 0 Å². The summed E-state index contributed by atoms with van der Waals surface area (Å²) in [6, 6.07) is 0. The minimum absolute atomic E-state index is 0. The third-order valence-electron chi connectivity index (χ3n) is 1.26. The van der Waals surface area contributed by atoms with Gasteiger partial charge in [-0.25, -0.2) is 0 Å². The van der Waals surface area contributed by atoms with Gasteiger partial charge in [-0.2, -0.15) is 0 Å². The second-order valence-electron chi connectivity index (χ2n) is 2.58. The molecule has 6 nitrogen and oxygen atoms in total. The summed E-state index contributed by atoms with van der Waals surface area (Å²) < 4.78 is 20.4. The fourth-order valence-electron chi connectivity index (χ4n) is 0.657. The molecule has 0 amide bonds. The van der Waals surface area contributed by atoms with E-state index in [4.69, 9.17) is 14.9 Å². The molecular weight excluding hydrogens is 228 g/mol. The van der Waals surface area contributed by atoms with Crippen molar-refractivity contribution in [1.82, 2.24) is 10.8 Å². The van der Waals surface area contributed by atoms with E-state index in [0.717, 1.165) is 13.0 Å². The predicted molar refractivity (Wildman–Crippen MR) is 56.0 cm³/mol. The first kappa shape index (κ1) is 18.3. The third-order valence-corrected chi connectivity index (χ3v) is 1.94. The summed E-state index contributed by atoms with van der Waals surface area (Å²) in [4.78, 5) is 0. The van der Waals surface area contributed by atoms with Crippen molar-refractivity contribution in [3.05, 3.63) is 0 Å². The van der Waals surface area contributed by atoms with E-state index in [9.17, 15) is 4.57 Å². The molecule has 15 heavy (non-hydrogen) atoms. The van der Waals surface area contributed by atoms with E-state index in [1.54, 1.807) is 0 Å². The fraction of sp³-hybridized carbons (Fsp3) is 1.00. The molecule has 0 saturated heterocycles. The summed E-state index contributed by atoms with van der Waals surface area (Å²) in [5.74, 6) is 0. The molecular formula is C7H20N3NaO3P+. The smallest absolute Gasteiger partial charge is 1.00 e. The van der Waals surface area contributed by atoms with E-state index in [2.05, 4.69) is 10.8 Å². The topological polar surface area (TPSA) is 85.6 Å². The second-order valence-corrected chi connectivity index (χ2v) is 3.47. The van der Waals surface area contributed by atoms with Crippen molar-refractivity contribution < 1.29 is 44.7 Å². The van der Waals surface area contributed by atoms with Crippen molar-refractivity contribution in [2.45, 2.75) is 13.3 Å². The van der Waals surface area contributed by atoms with Crippen LogP contribution in [0.5, 0.6) is 0 Å². The number of hydrogen-bond acceptors (Lipinski definition) is 6. The molecule has 0 aliphatic rings. The minimum atomic E-state index is -2.02. The van der Waals surface area contributed by atoms with Crippen molar-refractivity contribution in [3.8, 4) is 0 Å². The molecule has 1 unspecified atom stereocenters. The van der Waals surface area contributed by atoms with Crippen LogP contribution >= 0.6 is 8.25 Å². The zero-order chi connectivity index (χ0) is 10.6. The largest absolute Gasteiger partial charge is 1.00 e. The van der Waals surface area contributed by atoms with Crippen LogP contribution in [0, 0.1) is 0 Å². The quantitative estimate of drug-likeness (QED) is 0.168. The van der Waals surface area contributed by atoms with Gasteiger partial charge in [-0.05, 0) is 11.0 Å². The molecule has 0 aromatic rings. The Morgan fingerprint density at radius 2 is 2.13 bits per heavy atom. The molecule has 0 aliphatic heterocycles. The van der Waals surface area contributed by atoms with Crippen LogP contribution in [0.2, 0.25) is 0 Å². The number of rotatable bonds is 10. The van der Waals surface area contributed by atoms with Gasteiger partial charge in [0.2, 0.25) is 0 Å². The summed E-state index contributed by atoms with van der Waals surface area (Å²) in [5, 5.41) is 3.05. The molecule has 0 radical (unpaired) electrons. The predicted octanol–water partition coefficient (Wildman–Crippen LogP) is -2.74. The number of nitrogens with two attached hydrogens (primary N) is 1. The van der Waals surface area contributed by atoms with Gasteiger partial charge in [0.1, 0.15) is 6.61 Å². The molecule has 0 saturated carbocycles. The number of hydroxylamine groups is 1. The summed E-state index contributed by atoms with van der Waals surface area (Å²) >= 11 is 0. The SMILES string of the molecule is CCCO[P+](=O)ONCCNCCN.[H-].[Na+]. The van der Waals surface area contributed by atoms with Crippen LogP contribution in [-0.4, -0.2) is 32.8 Å². The molecule has 4 N–H and O–H groups in total. The maximum absolute atomic E-state index is 10.9. The van der Waals surface area contributed by atoms with Crippen LogP contribution in [0.1, 0.15) is 14.8 Å². The molecule has 0 heterocycles. The summed E-state index contributed by atoms with van der Waals surface area (Å²) in [7, 11) is -2.02. The van der Waals surface area contributed by atoms with E-state index < -0.39 is 8.25 Å². The molecule has 0 rings (SSSR count). The number of hydrogen-bond donors (Lipinski definition) is 3. The maximum atomic E-state index is 10.9. The average Bonchev–Trinajstić information content (AvgIpc) is 2.20. The Morgan fingerprint density at radius 3 is 2.73 bits per heavy atom. The van der Waals surface area contributed by atoms with E-state index in [1.165, 1.54) is 0 Å². The van der Waals surface area contributed by atoms with E-state index in [1.807, 2.05) is 6.92 Å². The number of nitrogens with one attached hydrogen (secondary N) is 2. The van der Waals surface area contributed by atoms with Crippen LogP contribution in [0.25, 0.3) is 0 Å². The van der Waals surface area contributed by atoms with E-state index >= 15 is 0 Å². The first-order valence-electron chi connectivity index (χ1n) is 4.72. The van der Waals surface area contributed by atoms with Crippen LogP contribution in [0.15, 0.2) is 0 Å². The Bertz CT molecular complexity index is 159. The summed E-state index contributed by atoms with van der Waals surface area (Å²) in [6.45, 7) is 5.04. The second kappa shape index (κ2) is 14.9. The molecule has 0 fully saturated rings.